The highest BCUT2D eigenvalue weighted by Crippen LogP contribution is 2.32. The van der Waals surface area contributed by atoms with E-state index in [-0.39, 0.29) is 5.69 Å². The Balaban J connectivity index is 3.21. The summed E-state index contributed by atoms with van der Waals surface area (Å²) >= 11 is 0. The van der Waals surface area contributed by atoms with E-state index in [0.29, 0.717) is 4.68 Å². The molecule has 3 nitrogen and oxygen atoms in total. The van der Waals surface area contributed by atoms with Crippen molar-refractivity contribution in [2.45, 2.75) is 6.18 Å². The van der Waals surface area contributed by atoms with Gasteiger partial charge in [-0.1, -0.05) is 0 Å². The number of hydrogen-bond acceptors (Lipinski definition) is 2. The summed E-state index contributed by atoms with van der Waals surface area (Å²) in [6.45, 7) is 0. The second-order valence-electron chi connectivity index (χ2n) is 2.07. The first-order chi connectivity index (χ1) is 4.93. The number of rotatable bonds is 0. The van der Waals surface area contributed by atoms with E-state index < -0.39 is 11.9 Å². The lowest BCUT2D eigenvalue weighted by atomic mass is 10.4. The largest absolute Gasteiger partial charge is 0.435 e. The van der Waals surface area contributed by atoms with Crippen LogP contribution in [0, 0.1) is 0 Å². The first kappa shape index (κ1) is 7.90. The Bertz CT molecular complexity index is 243. The van der Waals surface area contributed by atoms with Crippen LogP contribution in [0.5, 0.6) is 0 Å². The van der Waals surface area contributed by atoms with Crippen LogP contribution >= 0.6 is 0 Å². The Morgan fingerprint density at radius 3 is 2.27 bits per heavy atom. The van der Waals surface area contributed by atoms with Gasteiger partial charge in [0, 0.05) is 7.05 Å². The van der Waals surface area contributed by atoms with Gasteiger partial charge in [0.25, 0.3) is 0 Å². The number of halogens is 3. The molecule has 0 radical (unpaired) electrons. The molecule has 0 atom stereocenters. The Morgan fingerprint density at radius 2 is 2.09 bits per heavy atom. The van der Waals surface area contributed by atoms with Crippen LogP contribution in [-0.2, 0) is 13.2 Å². The number of nitrogen functional groups attached to an aromatic ring is 1. The van der Waals surface area contributed by atoms with Gasteiger partial charge in [-0.15, -0.1) is 0 Å². The van der Waals surface area contributed by atoms with Gasteiger partial charge in [-0.2, -0.15) is 18.3 Å². The molecule has 2 N–H and O–H groups in total. The van der Waals surface area contributed by atoms with Crippen LogP contribution in [0.2, 0.25) is 0 Å². The maximum Gasteiger partial charge on any atom is 0.435 e. The molecule has 0 spiro atoms. The van der Waals surface area contributed by atoms with Crippen molar-refractivity contribution in [3.05, 3.63) is 11.9 Å². The van der Waals surface area contributed by atoms with Gasteiger partial charge < -0.3 is 5.73 Å². The summed E-state index contributed by atoms with van der Waals surface area (Å²) in [6, 6.07) is 0. The number of aromatic nitrogens is 2. The minimum atomic E-state index is -4.42. The molecule has 6 heteroatoms. The van der Waals surface area contributed by atoms with Gasteiger partial charge in [-0.3, -0.25) is 4.68 Å². The summed E-state index contributed by atoms with van der Waals surface area (Å²) in [5, 5.41) is 3.35. The maximum atomic E-state index is 12.0. The normalized spacial score (nSPS) is 12.0. The SMILES string of the molecule is Cn1ncc(N)c1C(F)(F)F. The fourth-order valence-corrected chi connectivity index (χ4v) is 0.802. The zero-order valence-corrected chi connectivity index (χ0v) is 5.68. The van der Waals surface area contributed by atoms with Crippen molar-refractivity contribution in [1.29, 1.82) is 0 Å². The quantitative estimate of drug-likeness (QED) is 0.623. The fraction of sp³-hybridized carbons (Fsp3) is 0.400. The van der Waals surface area contributed by atoms with Crippen LogP contribution in [0.4, 0.5) is 18.9 Å². The minimum Gasteiger partial charge on any atom is -0.396 e. The molecule has 0 aliphatic heterocycles. The zero-order valence-electron chi connectivity index (χ0n) is 5.68. The van der Waals surface area contributed by atoms with E-state index in [1.807, 2.05) is 0 Å². The van der Waals surface area contributed by atoms with Crippen molar-refractivity contribution in [2.24, 2.45) is 7.05 Å². The van der Waals surface area contributed by atoms with Gasteiger partial charge >= 0.3 is 6.18 Å². The molecule has 0 unspecified atom stereocenters. The number of anilines is 1. The molecular weight excluding hydrogens is 159 g/mol. The van der Waals surface area contributed by atoms with E-state index in [4.69, 9.17) is 5.73 Å². The number of alkyl halides is 3. The fourth-order valence-electron chi connectivity index (χ4n) is 0.802. The molecule has 0 aliphatic carbocycles. The van der Waals surface area contributed by atoms with Crippen LogP contribution in [0.25, 0.3) is 0 Å². The number of nitrogens with two attached hydrogens (primary N) is 1. The van der Waals surface area contributed by atoms with Crippen LogP contribution in [0.15, 0.2) is 6.20 Å². The lowest BCUT2D eigenvalue weighted by molar-refractivity contribution is -0.143. The molecule has 1 aromatic heterocycles. The molecule has 62 valence electrons. The number of nitrogens with zero attached hydrogens (tertiary/aromatic N) is 2. The molecule has 0 aliphatic rings. The summed E-state index contributed by atoms with van der Waals surface area (Å²) in [6.07, 6.45) is -3.45. The Morgan fingerprint density at radius 1 is 1.55 bits per heavy atom. The van der Waals surface area contributed by atoms with E-state index in [0.717, 1.165) is 6.20 Å². The highest BCUT2D eigenvalue weighted by molar-refractivity contribution is 5.42. The van der Waals surface area contributed by atoms with Gasteiger partial charge in [0.1, 0.15) is 0 Å². The molecule has 0 aromatic carbocycles. The van der Waals surface area contributed by atoms with Crippen molar-refractivity contribution in [1.82, 2.24) is 9.78 Å². The van der Waals surface area contributed by atoms with Crippen molar-refractivity contribution < 1.29 is 13.2 Å². The second kappa shape index (κ2) is 2.14. The van der Waals surface area contributed by atoms with Crippen LogP contribution in [-0.4, -0.2) is 9.78 Å². The molecular formula is C5H6F3N3. The van der Waals surface area contributed by atoms with E-state index in [9.17, 15) is 13.2 Å². The standard InChI is InChI=1S/C5H6F3N3/c1-11-4(5(6,7)8)3(9)2-10-11/h2H,9H2,1H3. The maximum absolute atomic E-state index is 12.0. The Labute approximate surface area is 60.6 Å². The number of aryl methyl sites for hydroxylation is 1. The first-order valence-corrected chi connectivity index (χ1v) is 2.77. The predicted molar refractivity (Wildman–Crippen MR) is 32.6 cm³/mol. The topological polar surface area (TPSA) is 43.8 Å². The van der Waals surface area contributed by atoms with E-state index in [2.05, 4.69) is 5.10 Å². The third kappa shape index (κ3) is 1.28. The zero-order chi connectivity index (χ0) is 8.65. The average molecular weight is 165 g/mol. The summed E-state index contributed by atoms with van der Waals surface area (Å²) in [5.41, 5.74) is 3.77. The molecule has 0 saturated carbocycles. The van der Waals surface area contributed by atoms with Gasteiger partial charge in [0.05, 0.1) is 11.9 Å². The van der Waals surface area contributed by atoms with Crippen LogP contribution < -0.4 is 5.73 Å². The molecule has 1 heterocycles. The van der Waals surface area contributed by atoms with Crippen molar-refractivity contribution in [3.63, 3.8) is 0 Å². The van der Waals surface area contributed by atoms with E-state index >= 15 is 0 Å². The van der Waals surface area contributed by atoms with Crippen LogP contribution in [0.3, 0.4) is 0 Å². The summed E-state index contributed by atoms with van der Waals surface area (Å²) in [7, 11) is 1.19. The lowest BCUT2D eigenvalue weighted by Gasteiger charge is -2.06. The predicted octanol–water partition coefficient (Wildman–Crippen LogP) is 1.02. The monoisotopic (exact) mass is 165 g/mol. The highest BCUT2D eigenvalue weighted by atomic mass is 19.4. The van der Waals surface area contributed by atoms with Crippen molar-refractivity contribution >= 4 is 5.69 Å². The van der Waals surface area contributed by atoms with Gasteiger partial charge in [-0.05, 0) is 0 Å². The minimum absolute atomic E-state index is 0.347. The molecule has 1 aromatic rings. The van der Waals surface area contributed by atoms with Crippen molar-refractivity contribution in [3.8, 4) is 0 Å². The van der Waals surface area contributed by atoms with Crippen LogP contribution in [0.1, 0.15) is 5.69 Å². The van der Waals surface area contributed by atoms with Gasteiger partial charge in [0.15, 0.2) is 5.69 Å². The van der Waals surface area contributed by atoms with Gasteiger partial charge in [0.2, 0.25) is 0 Å². The third-order valence-electron chi connectivity index (χ3n) is 1.24. The highest BCUT2D eigenvalue weighted by Gasteiger charge is 2.36. The van der Waals surface area contributed by atoms with Crippen molar-refractivity contribution in [2.75, 3.05) is 5.73 Å². The molecule has 1 rings (SSSR count). The molecule has 0 saturated heterocycles. The third-order valence-corrected chi connectivity index (χ3v) is 1.24. The average Bonchev–Trinajstić information content (AvgIpc) is 2.08. The van der Waals surface area contributed by atoms with Gasteiger partial charge in [-0.25, -0.2) is 0 Å². The molecule has 0 amide bonds. The summed E-state index contributed by atoms with van der Waals surface area (Å²) < 4.78 is 36.7. The first-order valence-electron chi connectivity index (χ1n) is 2.77. The second-order valence-corrected chi connectivity index (χ2v) is 2.07. The molecule has 0 bridgehead atoms. The molecule has 0 fully saturated rings. The molecule has 11 heavy (non-hydrogen) atoms. The Kier molecular flexibility index (Phi) is 1.54. The van der Waals surface area contributed by atoms with E-state index in [1.54, 1.807) is 0 Å². The smallest absolute Gasteiger partial charge is 0.396 e. The number of hydrogen-bond donors (Lipinski definition) is 1. The van der Waals surface area contributed by atoms with E-state index in [1.165, 1.54) is 7.05 Å². The lowest BCUT2D eigenvalue weighted by Crippen LogP contribution is -2.13. The Hall–Kier alpha value is -1.20. The summed E-state index contributed by atoms with van der Waals surface area (Å²) in [5.74, 6) is 0. The summed E-state index contributed by atoms with van der Waals surface area (Å²) in [4.78, 5) is 0.